The summed E-state index contributed by atoms with van der Waals surface area (Å²) in [5, 5.41) is 8.16. The average molecular weight is 464 g/mol. The third-order valence-corrected chi connectivity index (χ3v) is 5.26. The highest BCUT2D eigenvalue weighted by molar-refractivity contribution is 5.44. The van der Waals surface area contributed by atoms with Crippen molar-refractivity contribution in [3.05, 3.63) is 95.6 Å². The molecule has 33 heavy (non-hydrogen) atoms. The summed E-state index contributed by atoms with van der Waals surface area (Å²) in [6.07, 6.45) is -8.10. The Morgan fingerprint density at radius 2 is 0.909 bits per heavy atom. The van der Waals surface area contributed by atoms with E-state index in [9.17, 15) is 26.3 Å². The molecular formula is C23H18F6N4. The maximum absolute atomic E-state index is 13.9. The van der Waals surface area contributed by atoms with E-state index in [1.165, 1.54) is 13.8 Å². The maximum atomic E-state index is 13.9. The van der Waals surface area contributed by atoms with E-state index in [1.807, 2.05) is 0 Å². The molecule has 0 N–H and O–H groups in total. The molecule has 4 nitrogen and oxygen atoms in total. The first-order valence-electron chi connectivity index (χ1n) is 9.84. The van der Waals surface area contributed by atoms with E-state index in [2.05, 4.69) is 10.2 Å². The van der Waals surface area contributed by atoms with Crippen LogP contribution in [0.15, 0.2) is 73.1 Å². The van der Waals surface area contributed by atoms with Crippen LogP contribution in [0.4, 0.5) is 26.3 Å². The molecule has 0 fully saturated rings. The quantitative estimate of drug-likeness (QED) is 0.327. The Balaban J connectivity index is 1.93. The number of aromatic nitrogens is 4. The van der Waals surface area contributed by atoms with Gasteiger partial charge >= 0.3 is 12.4 Å². The third kappa shape index (κ3) is 4.24. The first-order chi connectivity index (χ1) is 15.4. The summed E-state index contributed by atoms with van der Waals surface area (Å²) in [5.74, 6) is 0. The van der Waals surface area contributed by atoms with Gasteiger partial charge in [-0.15, -0.1) is 0 Å². The fraction of sp³-hybridized carbons (Fsp3) is 0.217. The third-order valence-electron chi connectivity index (χ3n) is 5.26. The van der Waals surface area contributed by atoms with Crippen LogP contribution in [0, 0.1) is 0 Å². The highest BCUT2D eigenvalue weighted by atomic mass is 19.4. The highest BCUT2D eigenvalue weighted by Gasteiger charge is 2.47. The summed E-state index contributed by atoms with van der Waals surface area (Å²) in [5.41, 5.74) is -4.50. The second-order valence-electron chi connectivity index (χ2n) is 7.96. The van der Waals surface area contributed by atoms with E-state index >= 15 is 0 Å². The Hall–Kier alpha value is -3.56. The number of halogens is 6. The largest absolute Gasteiger partial charge is 0.419 e. The number of alkyl halides is 6. The summed E-state index contributed by atoms with van der Waals surface area (Å²) in [4.78, 5) is 0. The van der Waals surface area contributed by atoms with Crippen LogP contribution in [-0.4, -0.2) is 19.6 Å². The number of hydrogen-bond acceptors (Lipinski definition) is 2. The van der Waals surface area contributed by atoms with Gasteiger partial charge in [-0.2, -0.15) is 36.5 Å². The summed E-state index contributed by atoms with van der Waals surface area (Å²) in [7, 11) is 0. The van der Waals surface area contributed by atoms with Crippen LogP contribution >= 0.6 is 0 Å². The molecule has 4 aromatic rings. The van der Waals surface area contributed by atoms with E-state index in [0.29, 0.717) is 11.4 Å². The van der Waals surface area contributed by atoms with Crippen molar-refractivity contribution >= 4 is 0 Å². The zero-order valence-electron chi connectivity index (χ0n) is 17.5. The van der Waals surface area contributed by atoms with Crippen molar-refractivity contribution in [1.29, 1.82) is 0 Å². The van der Waals surface area contributed by atoms with Gasteiger partial charge < -0.3 is 0 Å². The van der Waals surface area contributed by atoms with Crippen LogP contribution in [0.2, 0.25) is 0 Å². The molecule has 0 radical (unpaired) electrons. The average Bonchev–Trinajstić information content (AvgIpc) is 3.41. The van der Waals surface area contributed by atoms with Gasteiger partial charge in [-0.25, -0.2) is 9.36 Å². The second kappa shape index (κ2) is 7.79. The van der Waals surface area contributed by atoms with Gasteiger partial charge in [-0.05, 0) is 38.1 Å². The van der Waals surface area contributed by atoms with Crippen molar-refractivity contribution in [1.82, 2.24) is 19.6 Å². The number of benzene rings is 2. The van der Waals surface area contributed by atoms with Crippen LogP contribution in [0.3, 0.4) is 0 Å². The zero-order chi connectivity index (χ0) is 24.0. The topological polar surface area (TPSA) is 35.6 Å². The highest BCUT2D eigenvalue weighted by Crippen LogP contribution is 2.44. The molecule has 0 aliphatic heterocycles. The van der Waals surface area contributed by atoms with Crippen molar-refractivity contribution < 1.29 is 26.3 Å². The van der Waals surface area contributed by atoms with Gasteiger partial charge in [0.15, 0.2) is 0 Å². The molecule has 2 aromatic carbocycles. The monoisotopic (exact) mass is 464 g/mol. The molecule has 4 rings (SSSR count). The van der Waals surface area contributed by atoms with E-state index in [1.54, 1.807) is 60.7 Å². The van der Waals surface area contributed by atoms with Gasteiger partial charge in [0.25, 0.3) is 0 Å². The molecular weight excluding hydrogens is 446 g/mol. The van der Waals surface area contributed by atoms with Crippen LogP contribution < -0.4 is 0 Å². The lowest BCUT2D eigenvalue weighted by Gasteiger charge is -2.24. The van der Waals surface area contributed by atoms with Gasteiger partial charge in [0.1, 0.15) is 0 Å². The van der Waals surface area contributed by atoms with Gasteiger partial charge in [0.2, 0.25) is 0 Å². The van der Waals surface area contributed by atoms with Gasteiger partial charge in [0, 0.05) is 12.4 Å². The number of para-hydroxylation sites is 2. The van der Waals surface area contributed by atoms with E-state index in [-0.39, 0.29) is 0 Å². The number of hydrogen-bond donors (Lipinski definition) is 0. The molecule has 2 aromatic heterocycles. The standard InChI is InChI=1S/C23H18F6N4/c1-21(2,19-17(22(24,25)26)13-32(30-19)15-9-5-3-6-10-15)20-18(23(27,28)29)14-33(31-20)16-11-7-4-8-12-16/h3-14H,1-2H3. The Kier molecular flexibility index (Phi) is 5.34. The minimum absolute atomic E-state index is 0.343. The van der Waals surface area contributed by atoms with Crippen LogP contribution in [0.25, 0.3) is 11.4 Å². The molecule has 0 spiro atoms. The number of rotatable bonds is 4. The summed E-state index contributed by atoms with van der Waals surface area (Å²) in [6.45, 7) is 2.51. The fourth-order valence-corrected chi connectivity index (χ4v) is 3.62. The normalized spacial score (nSPS) is 12.8. The Morgan fingerprint density at radius 3 is 1.21 bits per heavy atom. The summed E-state index contributed by atoms with van der Waals surface area (Å²) < 4.78 is 85.6. The Bertz CT molecular complexity index is 1150. The molecule has 0 aliphatic rings. The predicted octanol–water partition coefficient (Wildman–Crippen LogP) is 6.42. The minimum atomic E-state index is -4.83. The molecule has 0 unspecified atom stereocenters. The molecule has 0 aliphatic carbocycles. The van der Waals surface area contributed by atoms with E-state index in [4.69, 9.17) is 0 Å². The molecule has 0 amide bonds. The molecule has 10 heteroatoms. The molecule has 0 saturated carbocycles. The zero-order valence-corrected chi connectivity index (χ0v) is 17.5. The van der Waals surface area contributed by atoms with Crippen molar-refractivity contribution in [3.63, 3.8) is 0 Å². The van der Waals surface area contributed by atoms with Gasteiger partial charge in [-0.1, -0.05) is 36.4 Å². The lowest BCUT2D eigenvalue weighted by molar-refractivity contribution is -0.139. The lowest BCUT2D eigenvalue weighted by Crippen LogP contribution is -2.27. The molecule has 2 heterocycles. The smallest absolute Gasteiger partial charge is 0.240 e. The summed E-state index contributed by atoms with van der Waals surface area (Å²) in [6, 6.07) is 16.1. The predicted molar refractivity (Wildman–Crippen MR) is 109 cm³/mol. The Morgan fingerprint density at radius 1 is 0.576 bits per heavy atom. The first kappa shape index (κ1) is 22.6. The summed E-state index contributed by atoms with van der Waals surface area (Å²) >= 11 is 0. The van der Waals surface area contributed by atoms with Gasteiger partial charge in [-0.3, -0.25) is 0 Å². The second-order valence-corrected chi connectivity index (χ2v) is 7.96. The van der Waals surface area contributed by atoms with Crippen molar-refractivity contribution in [3.8, 4) is 11.4 Å². The molecule has 172 valence electrons. The SMILES string of the molecule is CC(C)(c1nn(-c2ccccc2)cc1C(F)(F)F)c1nn(-c2ccccc2)cc1C(F)(F)F. The molecule has 0 saturated heterocycles. The van der Waals surface area contributed by atoms with E-state index < -0.39 is 40.3 Å². The molecule has 0 bridgehead atoms. The first-order valence-corrected chi connectivity index (χ1v) is 9.84. The maximum Gasteiger partial charge on any atom is 0.419 e. The van der Waals surface area contributed by atoms with E-state index in [0.717, 1.165) is 21.8 Å². The Labute approximate surface area is 185 Å². The van der Waals surface area contributed by atoms with Gasteiger partial charge in [0.05, 0.1) is 39.3 Å². The minimum Gasteiger partial charge on any atom is -0.240 e. The van der Waals surface area contributed by atoms with Crippen LogP contribution in [0.5, 0.6) is 0 Å². The van der Waals surface area contributed by atoms with Crippen LogP contribution in [-0.2, 0) is 17.8 Å². The fourth-order valence-electron chi connectivity index (χ4n) is 3.62. The van der Waals surface area contributed by atoms with Crippen LogP contribution in [0.1, 0.15) is 36.4 Å². The molecule has 0 atom stereocenters. The van der Waals surface area contributed by atoms with Crippen molar-refractivity contribution in [2.24, 2.45) is 0 Å². The number of nitrogens with zero attached hydrogens (tertiary/aromatic N) is 4. The lowest BCUT2D eigenvalue weighted by atomic mass is 9.81. The van der Waals surface area contributed by atoms with Crippen molar-refractivity contribution in [2.45, 2.75) is 31.6 Å². The van der Waals surface area contributed by atoms with Crippen molar-refractivity contribution in [2.75, 3.05) is 0 Å².